The Labute approximate surface area is 105 Å². The number of hydrogen-bond acceptors (Lipinski definition) is 0. The number of fused-ring (bicyclic) bond motifs is 2. The molecule has 92 valence electrons. The standard InChI is InChI=1S/C17H24/c1-12-5-7-13(8-6-12)15-11-14-9-10-17(15,4)16(14,2)3/h5-8,14-15H,9-11H2,1-4H3/t14-,15?,17+/m1/s1. The van der Waals surface area contributed by atoms with Crippen molar-refractivity contribution >= 4 is 0 Å². The van der Waals surface area contributed by atoms with Crippen molar-refractivity contribution in [1.29, 1.82) is 0 Å². The molecular weight excluding hydrogens is 204 g/mol. The first-order valence-electron chi connectivity index (χ1n) is 7.02. The molecule has 2 bridgehead atoms. The first-order valence-corrected chi connectivity index (χ1v) is 7.02. The van der Waals surface area contributed by atoms with Gasteiger partial charge in [0.05, 0.1) is 0 Å². The molecule has 2 aliphatic rings. The Hall–Kier alpha value is -0.780. The molecule has 2 aliphatic carbocycles. The highest BCUT2D eigenvalue weighted by Gasteiger charge is 2.61. The van der Waals surface area contributed by atoms with Crippen LogP contribution in [0.1, 0.15) is 57.1 Å². The van der Waals surface area contributed by atoms with Gasteiger partial charge in [-0.1, -0.05) is 50.6 Å². The van der Waals surface area contributed by atoms with Crippen LogP contribution < -0.4 is 0 Å². The highest BCUT2D eigenvalue weighted by Crippen LogP contribution is 2.70. The van der Waals surface area contributed by atoms with Gasteiger partial charge in [0.1, 0.15) is 0 Å². The zero-order valence-corrected chi connectivity index (χ0v) is 11.6. The summed E-state index contributed by atoms with van der Waals surface area (Å²) < 4.78 is 0. The van der Waals surface area contributed by atoms with Crippen molar-refractivity contribution in [3.63, 3.8) is 0 Å². The van der Waals surface area contributed by atoms with Crippen LogP contribution in [0.25, 0.3) is 0 Å². The lowest BCUT2D eigenvalue weighted by molar-refractivity contribution is 0.134. The van der Waals surface area contributed by atoms with E-state index in [-0.39, 0.29) is 0 Å². The molecule has 0 amide bonds. The third-order valence-corrected chi connectivity index (χ3v) is 6.27. The quantitative estimate of drug-likeness (QED) is 0.639. The summed E-state index contributed by atoms with van der Waals surface area (Å²) in [5.41, 5.74) is 4.00. The summed E-state index contributed by atoms with van der Waals surface area (Å²) in [4.78, 5) is 0. The Bertz CT molecular complexity index is 426. The third kappa shape index (κ3) is 1.36. The molecule has 17 heavy (non-hydrogen) atoms. The van der Waals surface area contributed by atoms with Crippen LogP contribution in [-0.4, -0.2) is 0 Å². The van der Waals surface area contributed by atoms with Gasteiger partial charge in [-0.15, -0.1) is 0 Å². The fourth-order valence-electron chi connectivity index (χ4n) is 4.51. The Morgan fingerprint density at radius 3 is 2.18 bits per heavy atom. The van der Waals surface area contributed by atoms with E-state index < -0.39 is 0 Å². The van der Waals surface area contributed by atoms with Gasteiger partial charge in [0.15, 0.2) is 0 Å². The van der Waals surface area contributed by atoms with Crippen molar-refractivity contribution in [1.82, 2.24) is 0 Å². The van der Waals surface area contributed by atoms with E-state index in [0.29, 0.717) is 10.8 Å². The van der Waals surface area contributed by atoms with Gasteiger partial charge < -0.3 is 0 Å². The maximum Gasteiger partial charge on any atom is -0.00999 e. The molecule has 0 radical (unpaired) electrons. The van der Waals surface area contributed by atoms with Crippen molar-refractivity contribution in [3.05, 3.63) is 35.4 Å². The predicted octanol–water partition coefficient (Wildman–Crippen LogP) is 4.92. The number of hydrogen-bond donors (Lipinski definition) is 0. The smallest absolute Gasteiger partial charge is 0.00999 e. The van der Waals surface area contributed by atoms with Gasteiger partial charge in [-0.05, 0) is 54.4 Å². The molecule has 0 spiro atoms. The molecule has 1 aromatic rings. The molecule has 2 saturated carbocycles. The van der Waals surface area contributed by atoms with Gasteiger partial charge in [-0.25, -0.2) is 0 Å². The second-order valence-electron chi connectivity index (χ2n) is 7.07. The Kier molecular flexibility index (Phi) is 2.24. The highest BCUT2D eigenvalue weighted by atomic mass is 14.7. The molecule has 0 saturated heterocycles. The van der Waals surface area contributed by atoms with Crippen LogP contribution in [0, 0.1) is 23.7 Å². The zero-order chi connectivity index (χ0) is 12.3. The van der Waals surface area contributed by atoms with Crippen LogP contribution in [0.4, 0.5) is 0 Å². The maximum atomic E-state index is 2.53. The SMILES string of the molecule is Cc1ccc(C2C[C@H]3CC[C@]2(C)C3(C)C)cc1. The Morgan fingerprint density at radius 2 is 1.71 bits per heavy atom. The van der Waals surface area contributed by atoms with Gasteiger partial charge in [0.2, 0.25) is 0 Å². The summed E-state index contributed by atoms with van der Waals surface area (Å²) in [6, 6.07) is 9.28. The molecule has 0 nitrogen and oxygen atoms in total. The van der Waals surface area contributed by atoms with Crippen LogP contribution in [0.5, 0.6) is 0 Å². The molecule has 0 heterocycles. The van der Waals surface area contributed by atoms with Crippen LogP contribution in [0.2, 0.25) is 0 Å². The first kappa shape index (κ1) is 11.3. The summed E-state index contributed by atoms with van der Waals surface area (Å²) in [6.45, 7) is 9.71. The van der Waals surface area contributed by atoms with Crippen molar-refractivity contribution in [2.24, 2.45) is 16.7 Å². The monoisotopic (exact) mass is 228 g/mol. The molecular formula is C17H24. The van der Waals surface area contributed by atoms with Crippen molar-refractivity contribution < 1.29 is 0 Å². The van der Waals surface area contributed by atoms with Crippen LogP contribution in [0.3, 0.4) is 0 Å². The molecule has 1 unspecified atom stereocenters. The van der Waals surface area contributed by atoms with Crippen LogP contribution >= 0.6 is 0 Å². The van der Waals surface area contributed by atoms with E-state index in [9.17, 15) is 0 Å². The van der Waals surface area contributed by atoms with Crippen LogP contribution in [0.15, 0.2) is 24.3 Å². The van der Waals surface area contributed by atoms with E-state index in [1.54, 1.807) is 5.56 Å². The maximum absolute atomic E-state index is 2.53. The molecule has 3 atom stereocenters. The van der Waals surface area contributed by atoms with Crippen molar-refractivity contribution in [2.45, 2.75) is 52.9 Å². The minimum atomic E-state index is 0.521. The first-order chi connectivity index (χ1) is 7.95. The molecule has 1 aromatic carbocycles. The van der Waals surface area contributed by atoms with E-state index in [4.69, 9.17) is 0 Å². The van der Waals surface area contributed by atoms with Gasteiger partial charge in [0.25, 0.3) is 0 Å². The van der Waals surface area contributed by atoms with E-state index in [1.165, 1.54) is 24.8 Å². The average Bonchev–Trinajstić information content (AvgIpc) is 2.62. The molecule has 0 N–H and O–H groups in total. The number of rotatable bonds is 1. The van der Waals surface area contributed by atoms with Gasteiger partial charge in [-0.3, -0.25) is 0 Å². The molecule has 0 heteroatoms. The molecule has 2 fully saturated rings. The van der Waals surface area contributed by atoms with E-state index in [0.717, 1.165) is 11.8 Å². The zero-order valence-electron chi connectivity index (χ0n) is 11.6. The molecule has 3 rings (SSSR count). The van der Waals surface area contributed by atoms with Crippen LogP contribution in [-0.2, 0) is 0 Å². The lowest BCUT2D eigenvalue weighted by Crippen LogP contribution is -2.31. The van der Waals surface area contributed by atoms with Crippen molar-refractivity contribution in [3.8, 4) is 0 Å². The number of benzene rings is 1. The second kappa shape index (κ2) is 3.37. The second-order valence-corrected chi connectivity index (χ2v) is 7.07. The lowest BCUT2D eigenvalue weighted by Gasteiger charge is -2.39. The third-order valence-electron chi connectivity index (χ3n) is 6.27. The van der Waals surface area contributed by atoms with Gasteiger partial charge in [-0.2, -0.15) is 0 Å². The minimum Gasteiger partial charge on any atom is -0.0591 e. The van der Waals surface area contributed by atoms with Gasteiger partial charge >= 0.3 is 0 Å². The largest absolute Gasteiger partial charge is 0.0591 e. The highest BCUT2D eigenvalue weighted by molar-refractivity contribution is 5.30. The topological polar surface area (TPSA) is 0 Å². The number of aryl methyl sites for hydroxylation is 1. The fourth-order valence-corrected chi connectivity index (χ4v) is 4.51. The van der Waals surface area contributed by atoms with Gasteiger partial charge in [0, 0.05) is 0 Å². The summed E-state index contributed by atoms with van der Waals surface area (Å²) in [6.07, 6.45) is 4.28. The van der Waals surface area contributed by atoms with E-state index >= 15 is 0 Å². The Morgan fingerprint density at radius 1 is 1.06 bits per heavy atom. The lowest BCUT2D eigenvalue weighted by atomic mass is 9.65. The van der Waals surface area contributed by atoms with Crippen molar-refractivity contribution in [2.75, 3.05) is 0 Å². The predicted molar refractivity (Wildman–Crippen MR) is 73.1 cm³/mol. The Balaban J connectivity index is 1.99. The normalized spacial score (nSPS) is 38.6. The summed E-state index contributed by atoms with van der Waals surface area (Å²) in [5.74, 6) is 1.73. The minimum absolute atomic E-state index is 0.521. The molecule has 0 aliphatic heterocycles. The van der Waals surface area contributed by atoms with E-state index in [2.05, 4.69) is 52.0 Å². The van der Waals surface area contributed by atoms with E-state index in [1.807, 2.05) is 0 Å². The summed E-state index contributed by atoms with van der Waals surface area (Å²) in [7, 11) is 0. The fraction of sp³-hybridized carbons (Fsp3) is 0.647. The summed E-state index contributed by atoms with van der Waals surface area (Å²) >= 11 is 0. The average molecular weight is 228 g/mol. The molecule has 0 aromatic heterocycles. The summed E-state index contributed by atoms with van der Waals surface area (Å²) in [5, 5.41) is 0.